The Morgan fingerprint density at radius 1 is 1.19 bits per heavy atom. The summed E-state index contributed by atoms with van der Waals surface area (Å²) in [5.74, 6) is 0.263. The molecule has 1 N–H and O–H groups in total. The number of halogens is 2. The minimum absolute atomic E-state index is 0.232. The van der Waals surface area contributed by atoms with E-state index in [-0.39, 0.29) is 11.9 Å². The van der Waals surface area contributed by atoms with Crippen LogP contribution in [-0.4, -0.2) is 16.0 Å². The van der Waals surface area contributed by atoms with Gasteiger partial charge in [0.2, 0.25) is 5.95 Å². The summed E-state index contributed by atoms with van der Waals surface area (Å²) in [6.45, 7) is 4.03. The Balaban J connectivity index is 2.12. The highest BCUT2D eigenvalue weighted by molar-refractivity contribution is 7.17. The Kier molecular flexibility index (Phi) is 3.78. The first-order chi connectivity index (χ1) is 10.0. The number of hydrogen-bond acceptors (Lipinski definition) is 4. The van der Waals surface area contributed by atoms with E-state index in [1.807, 2.05) is 19.2 Å². The molecule has 2 aromatic heterocycles. The van der Waals surface area contributed by atoms with Gasteiger partial charge in [-0.1, -0.05) is 23.7 Å². The molecule has 3 rings (SSSR count). The van der Waals surface area contributed by atoms with Crippen LogP contribution in [0.15, 0.2) is 29.6 Å². The second kappa shape index (κ2) is 5.58. The van der Waals surface area contributed by atoms with Crippen LogP contribution in [0.1, 0.15) is 13.8 Å². The summed E-state index contributed by atoms with van der Waals surface area (Å²) >= 11 is 7.81. The summed E-state index contributed by atoms with van der Waals surface area (Å²) < 4.78 is 13.0. The SMILES string of the molecule is CC(C)Nc1nc(Cl)c2c(-c3ccc(F)cc3)csc2n1. The maximum absolute atomic E-state index is 13.0. The van der Waals surface area contributed by atoms with Crippen LogP contribution >= 0.6 is 22.9 Å². The molecular weight excluding hydrogens is 309 g/mol. The predicted octanol–water partition coefficient (Wildman–Crippen LogP) is 4.97. The van der Waals surface area contributed by atoms with Gasteiger partial charge in [0.05, 0.1) is 5.39 Å². The zero-order valence-corrected chi connectivity index (χ0v) is 13.1. The maximum Gasteiger partial charge on any atom is 0.225 e. The zero-order valence-electron chi connectivity index (χ0n) is 11.5. The molecule has 21 heavy (non-hydrogen) atoms. The molecule has 0 bridgehead atoms. The summed E-state index contributed by atoms with van der Waals surface area (Å²) in [4.78, 5) is 9.59. The van der Waals surface area contributed by atoms with Crippen LogP contribution in [0, 0.1) is 5.82 Å². The van der Waals surface area contributed by atoms with Crippen molar-refractivity contribution in [1.29, 1.82) is 0 Å². The number of nitrogens with zero attached hydrogens (tertiary/aromatic N) is 2. The standard InChI is InChI=1S/C15H13ClFN3S/c1-8(2)18-15-19-13(16)12-11(7-21-14(12)20-15)9-3-5-10(17)6-4-9/h3-8H,1-2H3,(H,18,19,20). The van der Waals surface area contributed by atoms with Crippen molar-refractivity contribution < 1.29 is 4.39 Å². The monoisotopic (exact) mass is 321 g/mol. The van der Waals surface area contributed by atoms with E-state index in [0.29, 0.717) is 11.1 Å². The van der Waals surface area contributed by atoms with Gasteiger partial charge in [-0.3, -0.25) is 0 Å². The van der Waals surface area contributed by atoms with E-state index in [2.05, 4.69) is 15.3 Å². The molecule has 0 amide bonds. The number of anilines is 1. The quantitative estimate of drug-likeness (QED) is 0.692. The summed E-state index contributed by atoms with van der Waals surface area (Å²) in [7, 11) is 0. The highest BCUT2D eigenvalue weighted by Crippen LogP contribution is 2.37. The van der Waals surface area contributed by atoms with Gasteiger partial charge in [0, 0.05) is 17.0 Å². The van der Waals surface area contributed by atoms with Gasteiger partial charge in [-0.15, -0.1) is 11.3 Å². The largest absolute Gasteiger partial charge is 0.352 e. The summed E-state index contributed by atoms with van der Waals surface area (Å²) in [5.41, 5.74) is 1.83. The molecule has 108 valence electrons. The lowest BCUT2D eigenvalue weighted by molar-refractivity contribution is 0.628. The first kappa shape index (κ1) is 14.2. The predicted molar refractivity (Wildman–Crippen MR) is 86.6 cm³/mol. The van der Waals surface area contributed by atoms with E-state index in [0.717, 1.165) is 21.3 Å². The van der Waals surface area contributed by atoms with Crippen LogP contribution in [0.2, 0.25) is 5.15 Å². The van der Waals surface area contributed by atoms with E-state index >= 15 is 0 Å². The van der Waals surface area contributed by atoms with Crippen molar-refractivity contribution in [3.63, 3.8) is 0 Å². The fraction of sp³-hybridized carbons (Fsp3) is 0.200. The van der Waals surface area contributed by atoms with Crippen LogP contribution in [0.5, 0.6) is 0 Å². The molecule has 0 radical (unpaired) electrons. The lowest BCUT2D eigenvalue weighted by atomic mass is 10.1. The van der Waals surface area contributed by atoms with Crippen LogP contribution in [0.3, 0.4) is 0 Å². The Bertz CT molecular complexity index is 783. The molecule has 0 saturated carbocycles. The molecule has 1 aromatic carbocycles. The number of nitrogens with one attached hydrogen (secondary N) is 1. The fourth-order valence-electron chi connectivity index (χ4n) is 2.06. The molecule has 3 nitrogen and oxygen atoms in total. The summed E-state index contributed by atoms with van der Waals surface area (Å²) in [6, 6.07) is 6.56. The van der Waals surface area contributed by atoms with Crippen LogP contribution in [0.25, 0.3) is 21.3 Å². The Morgan fingerprint density at radius 3 is 2.57 bits per heavy atom. The molecule has 0 atom stereocenters. The summed E-state index contributed by atoms with van der Waals surface area (Å²) in [5, 5.41) is 6.33. The highest BCUT2D eigenvalue weighted by atomic mass is 35.5. The summed E-state index contributed by atoms with van der Waals surface area (Å²) in [6.07, 6.45) is 0. The van der Waals surface area contributed by atoms with Gasteiger partial charge in [0.25, 0.3) is 0 Å². The van der Waals surface area contributed by atoms with Crippen molar-refractivity contribution in [2.45, 2.75) is 19.9 Å². The molecule has 0 unspecified atom stereocenters. The third-order valence-corrected chi connectivity index (χ3v) is 4.11. The first-order valence-corrected chi connectivity index (χ1v) is 7.77. The number of benzene rings is 1. The molecule has 0 saturated heterocycles. The van der Waals surface area contributed by atoms with Gasteiger partial charge in [0.15, 0.2) is 0 Å². The van der Waals surface area contributed by atoms with Gasteiger partial charge in [-0.2, -0.15) is 0 Å². The molecule has 0 aliphatic heterocycles. The normalized spacial score (nSPS) is 11.3. The second-order valence-corrected chi connectivity index (χ2v) is 6.19. The van der Waals surface area contributed by atoms with Crippen molar-refractivity contribution in [3.8, 4) is 11.1 Å². The van der Waals surface area contributed by atoms with Crippen LogP contribution < -0.4 is 5.32 Å². The number of fused-ring (bicyclic) bond motifs is 1. The lowest BCUT2D eigenvalue weighted by Crippen LogP contribution is -2.12. The third-order valence-electron chi connectivity index (χ3n) is 2.96. The van der Waals surface area contributed by atoms with Crippen molar-refractivity contribution in [1.82, 2.24) is 9.97 Å². The molecule has 6 heteroatoms. The van der Waals surface area contributed by atoms with E-state index in [4.69, 9.17) is 11.6 Å². The zero-order chi connectivity index (χ0) is 15.0. The van der Waals surface area contributed by atoms with Crippen molar-refractivity contribution in [2.24, 2.45) is 0 Å². The van der Waals surface area contributed by atoms with E-state index in [1.165, 1.54) is 23.5 Å². The van der Waals surface area contributed by atoms with Crippen molar-refractivity contribution in [3.05, 3.63) is 40.6 Å². The van der Waals surface area contributed by atoms with Gasteiger partial charge in [-0.25, -0.2) is 14.4 Å². The Morgan fingerprint density at radius 2 is 1.90 bits per heavy atom. The van der Waals surface area contributed by atoms with Gasteiger partial charge in [-0.05, 0) is 31.5 Å². The Labute approximate surface area is 130 Å². The van der Waals surface area contributed by atoms with E-state index in [9.17, 15) is 4.39 Å². The topological polar surface area (TPSA) is 37.8 Å². The molecule has 0 spiro atoms. The highest BCUT2D eigenvalue weighted by Gasteiger charge is 2.14. The molecule has 3 aromatic rings. The first-order valence-electron chi connectivity index (χ1n) is 6.52. The number of thiophene rings is 1. The minimum Gasteiger partial charge on any atom is -0.352 e. The molecule has 0 fully saturated rings. The smallest absolute Gasteiger partial charge is 0.225 e. The van der Waals surface area contributed by atoms with Gasteiger partial charge < -0.3 is 5.32 Å². The molecule has 2 heterocycles. The second-order valence-electron chi connectivity index (χ2n) is 4.97. The lowest BCUT2D eigenvalue weighted by Gasteiger charge is -2.08. The average Bonchev–Trinajstić information content (AvgIpc) is 2.83. The number of hydrogen-bond donors (Lipinski definition) is 1. The van der Waals surface area contributed by atoms with Crippen molar-refractivity contribution >= 4 is 39.1 Å². The number of rotatable bonds is 3. The minimum atomic E-state index is -0.260. The molecular formula is C15H13ClFN3S. The molecule has 0 aliphatic rings. The van der Waals surface area contributed by atoms with E-state index < -0.39 is 0 Å². The third kappa shape index (κ3) is 2.84. The van der Waals surface area contributed by atoms with Gasteiger partial charge >= 0.3 is 0 Å². The number of aromatic nitrogens is 2. The Hall–Kier alpha value is -1.72. The fourth-order valence-corrected chi connectivity index (χ4v) is 3.34. The van der Waals surface area contributed by atoms with E-state index in [1.54, 1.807) is 12.1 Å². The van der Waals surface area contributed by atoms with Crippen LogP contribution in [0.4, 0.5) is 10.3 Å². The van der Waals surface area contributed by atoms with Crippen molar-refractivity contribution in [2.75, 3.05) is 5.32 Å². The maximum atomic E-state index is 13.0. The van der Waals surface area contributed by atoms with Crippen LogP contribution in [-0.2, 0) is 0 Å². The molecule has 0 aliphatic carbocycles. The average molecular weight is 322 g/mol. The van der Waals surface area contributed by atoms with Gasteiger partial charge in [0.1, 0.15) is 15.8 Å².